The third-order valence-electron chi connectivity index (χ3n) is 3.63. The summed E-state index contributed by atoms with van der Waals surface area (Å²) in [6.07, 6.45) is 2.18. The van der Waals surface area contributed by atoms with Crippen molar-refractivity contribution in [3.05, 3.63) is 85.8 Å². The first-order valence-electron chi connectivity index (χ1n) is 7.58. The average Bonchev–Trinajstić information content (AvgIpc) is 2.70. The molecule has 1 amide bonds. The monoisotopic (exact) mass is 368 g/mol. The minimum atomic E-state index is -0.960. The number of nitrogens with one attached hydrogen (secondary N) is 2. The van der Waals surface area contributed by atoms with Gasteiger partial charge in [-0.15, -0.1) is 0 Å². The van der Waals surface area contributed by atoms with E-state index < -0.39 is 22.6 Å². The molecule has 3 N–H and O–H groups in total. The maximum Gasteiger partial charge on any atom is 0.296 e. The molecule has 26 heavy (non-hydrogen) atoms. The van der Waals surface area contributed by atoms with Gasteiger partial charge in [-0.25, -0.2) is 0 Å². The Hall–Kier alpha value is -3.38. The molecule has 0 spiro atoms. The lowest BCUT2D eigenvalue weighted by atomic mass is 10.1. The van der Waals surface area contributed by atoms with Crippen molar-refractivity contribution in [3.8, 4) is 5.75 Å². The lowest BCUT2D eigenvalue weighted by molar-refractivity contribution is -0.111. The number of carbonyl (C=O) groups excluding carboxylic acids is 1. The average molecular weight is 369 g/mol. The van der Waals surface area contributed by atoms with E-state index in [9.17, 15) is 19.5 Å². The van der Waals surface area contributed by atoms with Crippen molar-refractivity contribution >= 4 is 40.2 Å². The zero-order valence-electron chi connectivity index (χ0n) is 13.3. The van der Waals surface area contributed by atoms with E-state index in [0.29, 0.717) is 10.7 Å². The Morgan fingerprint density at radius 3 is 2.58 bits per heavy atom. The fourth-order valence-corrected chi connectivity index (χ4v) is 2.57. The van der Waals surface area contributed by atoms with Gasteiger partial charge < -0.3 is 15.4 Å². The minimum absolute atomic E-state index is 0.213. The second kappa shape index (κ2) is 7.25. The fourth-order valence-electron chi connectivity index (χ4n) is 2.40. The van der Waals surface area contributed by atoms with Crippen LogP contribution in [0, 0.1) is 0 Å². The first-order valence-corrected chi connectivity index (χ1v) is 7.96. The standard InChI is InChI=1S/C19H13ClN2O4/c20-11-6-7-13-15(10-11)22-19(26)18(25)14(17(13)24)8-9-16(23)21-12-4-2-1-3-5-12/h1-10,24H,(H,21,23)(H,22,25,26)/b9-8+. The number of fused-ring (bicyclic) bond motifs is 1. The molecule has 130 valence electrons. The van der Waals surface area contributed by atoms with Crippen LogP contribution in [-0.4, -0.2) is 16.0 Å². The van der Waals surface area contributed by atoms with Crippen LogP contribution in [0.4, 0.5) is 5.69 Å². The number of para-hydroxylation sites is 1. The number of amides is 1. The maximum absolute atomic E-state index is 12.2. The molecule has 6 nitrogen and oxygen atoms in total. The molecule has 0 radical (unpaired) electrons. The predicted molar refractivity (Wildman–Crippen MR) is 102 cm³/mol. The Labute approximate surface area is 152 Å². The molecule has 3 rings (SSSR count). The van der Waals surface area contributed by atoms with Crippen molar-refractivity contribution in [2.24, 2.45) is 0 Å². The summed E-state index contributed by atoms with van der Waals surface area (Å²) in [5.41, 5.74) is -1.39. The largest absolute Gasteiger partial charge is 0.506 e. The van der Waals surface area contributed by atoms with Gasteiger partial charge in [-0.05, 0) is 36.4 Å². The highest BCUT2D eigenvalue weighted by Gasteiger charge is 2.11. The second-order valence-electron chi connectivity index (χ2n) is 5.42. The zero-order chi connectivity index (χ0) is 18.7. The van der Waals surface area contributed by atoms with Crippen LogP contribution in [0.3, 0.4) is 0 Å². The molecule has 0 aliphatic carbocycles. The van der Waals surface area contributed by atoms with Crippen LogP contribution in [0.15, 0.2) is 64.2 Å². The first kappa shape index (κ1) is 17.4. The fraction of sp³-hybridized carbons (Fsp3) is 0. The summed E-state index contributed by atoms with van der Waals surface area (Å²) in [6.45, 7) is 0. The number of rotatable bonds is 3. The number of halogens is 1. The molecule has 0 unspecified atom stereocenters. The molecule has 1 aromatic heterocycles. The molecule has 0 aliphatic heterocycles. The molecule has 0 bridgehead atoms. The van der Waals surface area contributed by atoms with E-state index in [1.54, 1.807) is 30.3 Å². The third-order valence-corrected chi connectivity index (χ3v) is 3.87. The molecule has 1 heterocycles. The maximum atomic E-state index is 12.2. The molecule has 0 atom stereocenters. The van der Waals surface area contributed by atoms with E-state index in [1.807, 2.05) is 0 Å². The van der Waals surface area contributed by atoms with Gasteiger partial charge in [-0.3, -0.25) is 14.4 Å². The van der Waals surface area contributed by atoms with Gasteiger partial charge in [0.2, 0.25) is 5.91 Å². The SMILES string of the molecule is O=C(/C=C/c1c(O)c2ccc(Cl)cc2[nH]c(=O)c1=O)Nc1ccccc1. The van der Waals surface area contributed by atoms with Crippen molar-refractivity contribution in [3.63, 3.8) is 0 Å². The molecule has 0 saturated carbocycles. The molecule has 3 aromatic rings. The molecule has 2 aromatic carbocycles. The lowest BCUT2D eigenvalue weighted by Crippen LogP contribution is -2.25. The number of H-pyrrole nitrogens is 1. The van der Waals surface area contributed by atoms with E-state index in [0.717, 1.165) is 12.2 Å². The summed E-state index contributed by atoms with van der Waals surface area (Å²) in [7, 11) is 0. The topological polar surface area (TPSA) is 99.3 Å². The van der Waals surface area contributed by atoms with Gasteiger partial charge in [0, 0.05) is 22.2 Å². The van der Waals surface area contributed by atoms with Gasteiger partial charge >= 0.3 is 0 Å². The highest BCUT2D eigenvalue weighted by Crippen LogP contribution is 2.26. The molecular formula is C19H13ClN2O4. The van der Waals surface area contributed by atoms with Crippen LogP contribution in [0.1, 0.15) is 5.56 Å². The summed E-state index contributed by atoms with van der Waals surface area (Å²) in [5.74, 6) is -0.922. The van der Waals surface area contributed by atoms with Crippen LogP contribution >= 0.6 is 11.6 Å². The van der Waals surface area contributed by atoms with Crippen molar-refractivity contribution in [2.45, 2.75) is 0 Å². The van der Waals surface area contributed by atoms with E-state index in [4.69, 9.17) is 11.6 Å². The highest BCUT2D eigenvalue weighted by atomic mass is 35.5. The number of aromatic nitrogens is 1. The van der Waals surface area contributed by atoms with Crippen LogP contribution < -0.4 is 16.3 Å². The van der Waals surface area contributed by atoms with Crippen molar-refractivity contribution in [1.29, 1.82) is 0 Å². The Morgan fingerprint density at radius 1 is 1.12 bits per heavy atom. The predicted octanol–water partition coefficient (Wildman–Crippen LogP) is 2.90. The smallest absolute Gasteiger partial charge is 0.296 e. The van der Waals surface area contributed by atoms with Crippen molar-refractivity contribution < 1.29 is 9.90 Å². The van der Waals surface area contributed by atoms with Gasteiger partial charge in [0.05, 0.1) is 11.1 Å². The zero-order valence-corrected chi connectivity index (χ0v) is 14.1. The highest BCUT2D eigenvalue weighted by molar-refractivity contribution is 6.31. The number of anilines is 1. The Kier molecular flexibility index (Phi) is 4.86. The molecule has 0 saturated heterocycles. The number of hydrogen-bond acceptors (Lipinski definition) is 4. The summed E-state index contributed by atoms with van der Waals surface area (Å²) in [4.78, 5) is 38.6. The second-order valence-corrected chi connectivity index (χ2v) is 5.86. The molecule has 0 fully saturated rings. The number of aromatic amines is 1. The number of hydrogen-bond donors (Lipinski definition) is 3. The van der Waals surface area contributed by atoms with Crippen molar-refractivity contribution in [1.82, 2.24) is 4.98 Å². The van der Waals surface area contributed by atoms with Gasteiger partial charge in [-0.2, -0.15) is 0 Å². The Bertz CT molecular complexity index is 1140. The van der Waals surface area contributed by atoms with Crippen LogP contribution in [0.5, 0.6) is 5.75 Å². The van der Waals surface area contributed by atoms with Crippen LogP contribution in [0.2, 0.25) is 5.02 Å². The van der Waals surface area contributed by atoms with E-state index in [2.05, 4.69) is 10.3 Å². The van der Waals surface area contributed by atoms with Crippen LogP contribution in [0.25, 0.3) is 17.0 Å². The quantitative estimate of drug-likeness (QED) is 0.489. The van der Waals surface area contributed by atoms with E-state index in [1.165, 1.54) is 18.2 Å². The molecular weight excluding hydrogens is 356 g/mol. The summed E-state index contributed by atoms with van der Waals surface area (Å²) >= 11 is 5.88. The molecule has 7 heteroatoms. The minimum Gasteiger partial charge on any atom is -0.506 e. The Balaban J connectivity index is 2.05. The van der Waals surface area contributed by atoms with Crippen LogP contribution in [-0.2, 0) is 4.79 Å². The van der Waals surface area contributed by atoms with Gasteiger partial charge in [-0.1, -0.05) is 29.8 Å². The van der Waals surface area contributed by atoms with Crippen molar-refractivity contribution in [2.75, 3.05) is 5.32 Å². The van der Waals surface area contributed by atoms with E-state index in [-0.39, 0.29) is 16.5 Å². The summed E-state index contributed by atoms with van der Waals surface area (Å²) in [5, 5.41) is 13.6. The number of benzene rings is 2. The molecule has 0 aliphatic rings. The van der Waals surface area contributed by atoms with E-state index >= 15 is 0 Å². The van der Waals surface area contributed by atoms with Gasteiger partial charge in [0.25, 0.3) is 11.0 Å². The van der Waals surface area contributed by atoms with Gasteiger partial charge in [0.15, 0.2) is 0 Å². The number of carbonyl (C=O) groups is 1. The lowest BCUT2D eigenvalue weighted by Gasteiger charge is -2.01. The Morgan fingerprint density at radius 2 is 1.85 bits per heavy atom. The number of aromatic hydroxyl groups is 1. The summed E-state index contributed by atoms with van der Waals surface area (Å²) in [6, 6.07) is 13.1. The normalized spacial score (nSPS) is 11.0. The summed E-state index contributed by atoms with van der Waals surface area (Å²) < 4.78 is 0. The van der Waals surface area contributed by atoms with Gasteiger partial charge in [0.1, 0.15) is 5.75 Å². The third kappa shape index (κ3) is 3.65. The first-order chi connectivity index (χ1) is 12.5.